The third-order valence-corrected chi connectivity index (χ3v) is 2.31. The van der Waals surface area contributed by atoms with Gasteiger partial charge in [-0.15, -0.1) is 0 Å². The van der Waals surface area contributed by atoms with Gasteiger partial charge in [0.1, 0.15) is 6.23 Å². The number of Topliss-reactive ketones (excluding diaryl/α,β-unsaturated/α-hetero) is 2. The van der Waals surface area contributed by atoms with Gasteiger partial charge in [-0.25, -0.2) is 0 Å². The fourth-order valence-corrected chi connectivity index (χ4v) is 1.52. The maximum Gasteiger partial charge on any atom is 0.231 e. The van der Waals surface area contributed by atoms with Crippen molar-refractivity contribution in [2.75, 3.05) is 14.2 Å². The highest BCUT2D eigenvalue weighted by Crippen LogP contribution is 2.26. The highest BCUT2D eigenvalue weighted by atomic mass is 16.5. The van der Waals surface area contributed by atoms with E-state index in [4.69, 9.17) is 15.2 Å². The van der Waals surface area contributed by atoms with E-state index in [9.17, 15) is 14.7 Å². The molecule has 0 heterocycles. The molecule has 6 heteroatoms. The van der Waals surface area contributed by atoms with Gasteiger partial charge in [0.2, 0.25) is 23.1 Å². The van der Waals surface area contributed by atoms with Crippen LogP contribution in [-0.2, 0) is 19.1 Å². The third kappa shape index (κ3) is 1.72. The average molecular weight is 227 g/mol. The molecule has 0 spiro atoms. The van der Waals surface area contributed by atoms with E-state index in [-0.39, 0.29) is 22.7 Å². The molecule has 88 valence electrons. The molecule has 0 amide bonds. The molecule has 0 saturated carbocycles. The molecule has 0 aliphatic heterocycles. The summed E-state index contributed by atoms with van der Waals surface area (Å²) < 4.78 is 9.59. The van der Waals surface area contributed by atoms with Gasteiger partial charge in [0.25, 0.3) is 0 Å². The summed E-state index contributed by atoms with van der Waals surface area (Å²) in [6.07, 6.45) is -1.51. The predicted molar refractivity (Wildman–Crippen MR) is 54.0 cm³/mol. The average Bonchev–Trinajstić information content (AvgIpc) is 2.22. The first-order valence-electron chi connectivity index (χ1n) is 4.51. The summed E-state index contributed by atoms with van der Waals surface area (Å²) in [5, 5.41) is 9.24. The summed E-state index contributed by atoms with van der Waals surface area (Å²) in [6, 6.07) is 0. The predicted octanol–water partition coefficient (Wildman–Crippen LogP) is -0.764. The number of aliphatic hydroxyl groups is 1. The van der Waals surface area contributed by atoms with Gasteiger partial charge < -0.3 is 20.3 Å². The van der Waals surface area contributed by atoms with Gasteiger partial charge in [-0.2, -0.15) is 0 Å². The number of rotatable bonds is 3. The second-order valence-electron chi connectivity index (χ2n) is 3.21. The van der Waals surface area contributed by atoms with Crippen molar-refractivity contribution in [3.8, 4) is 0 Å². The van der Waals surface area contributed by atoms with E-state index in [1.807, 2.05) is 0 Å². The number of allylic oxidation sites excluding steroid dienone is 2. The number of methoxy groups -OCH3 is 2. The number of carbonyl (C=O) groups is 2. The van der Waals surface area contributed by atoms with Crippen LogP contribution in [0.15, 0.2) is 22.7 Å². The Morgan fingerprint density at radius 3 is 1.94 bits per heavy atom. The zero-order valence-corrected chi connectivity index (χ0v) is 9.23. The molecule has 1 aliphatic rings. The number of hydrogen-bond acceptors (Lipinski definition) is 6. The van der Waals surface area contributed by atoms with Crippen molar-refractivity contribution in [1.82, 2.24) is 0 Å². The molecule has 16 heavy (non-hydrogen) atoms. The van der Waals surface area contributed by atoms with Gasteiger partial charge in [-0.1, -0.05) is 0 Å². The minimum atomic E-state index is -1.51. The zero-order valence-electron chi connectivity index (χ0n) is 9.23. The number of ketones is 2. The maximum atomic E-state index is 11.8. The van der Waals surface area contributed by atoms with Crippen LogP contribution in [0.25, 0.3) is 0 Å². The van der Waals surface area contributed by atoms with E-state index in [1.54, 1.807) is 0 Å². The van der Waals surface area contributed by atoms with Crippen molar-refractivity contribution in [2.24, 2.45) is 5.73 Å². The smallest absolute Gasteiger partial charge is 0.231 e. The minimum Gasteiger partial charge on any atom is -0.489 e. The van der Waals surface area contributed by atoms with Crippen molar-refractivity contribution >= 4 is 11.6 Å². The van der Waals surface area contributed by atoms with Crippen molar-refractivity contribution in [1.29, 1.82) is 0 Å². The Balaban J connectivity index is 3.36. The molecule has 1 rings (SSSR count). The van der Waals surface area contributed by atoms with Crippen molar-refractivity contribution < 1.29 is 24.2 Å². The van der Waals surface area contributed by atoms with Crippen molar-refractivity contribution in [3.05, 3.63) is 22.7 Å². The van der Waals surface area contributed by atoms with Crippen LogP contribution in [0.3, 0.4) is 0 Å². The molecule has 0 fully saturated rings. The lowest BCUT2D eigenvalue weighted by Gasteiger charge is -2.21. The second kappa shape index (κ2) is 4.46. The van der Waals surface area contributed by atoms with Gasteiger partial charge in [0, 0.05) is 5.57 Å². The minimum absolute atomic E-state index is 0.0673. The molecule has 3 N–H and O–H groups in total. The third-order valence-electron chi connectivity index (χ3n) is 2.31. The van der Waals surface area contributed by atoms with Crippen LogP contribution in [0, 0.1) is 0 Å². The molecule has 0 aromatic heterocycles. The fraction of sp³-hybridized carbons (Fsp3) is 0.400. The van der Waals surface area contributed by atoms with Gasteiger partial charge in [-0.3, -0.25) is 9.59 Å². The highest BCUT2D eigenvalue weighted by Gasteiger charge is 2.36. The van der Waals surface area contributed by atoms with Crippen LogP contribution < -0.4 is 5.73 Å². The Hall–Kier alpha value is -1.66. The zero-order chi connectivity index (χ0) is 12.5. The molecule has 1 atom stereocenters. The lowest BCUT2D eigenvalue weighted by atomic mass is 9.92. The van der Waals surface area contributed by atoms with Crippen LogP contribution in [0.1, 0.15) is 6.92 Å². The van der Waals surface area contributed by atoms with Gasteiger partial charge >= 0.3 is 0 Å². The summed E-state index contributed by atoms with van der Waals surface area (Å²) in [5.74, 6) is -1.56. The van der Waals surface area contributed by atoms with Gasteiger partial charge in [-0.05, 0) is 6.92 Å². The Bertz CT molecular complexity index is 405. The van der Waals surface area contributed by atoms with Crippen molar-refractivity contribution in [2.45, 2.75) is 13.2 Å². The van der Waals surface area contributed by atoms with E-state index in [0.29, 0.717) is 0 Å². The Morgan fingerprint density at radius 2 is 1.56 bits per heavy atom. The molecular formula is C10H13NO5. The van der Waals surface area contributed by atoms with E-state index in [2.05, 4.69) is 0 Å². The number of carbonyl (C=O) groups excluding carboxylic acids is 2. The lowest BCUT2D eigenvalue weighted by molar-refractivity contribution is -0.121. The molecule has 0 radical (unpaired) electrons. The molecule has 0 aromatic rings. The molecule has 1 unspecified atom stereocenters. The first-order valence-corrected chi connectivity index (χ1v) is 4.51. The SMILES string of the molecule is COC1=C(OC)C(=O)C(C(N)O)=C(C)C1=O. The second-order valence-corrected chi connectivity index (χ2v) is 3.21. The Morgan fingerprint density at radius 1 is 1.12 bits per heavy atom. The summed E-state index contributed by atoms with van der Waals surface area (Å²) in [4.78, 5) is 23.6. The molecule has 0 saturated heterocycles. The monoisotopic (exact) mass is 227 g/mol. The lowest BCUT2D eigenvalue weighted by Crippen LogP contribution is -2.34. The number of nitrogens with two attached hydrogens (primary N) is 1. The van der Waals surface area contributed by atoms with Gasteiger partial charge in [0.05, 0.1) is 19.8 Å². The van der Waals surface area contributed by atoms with Crippen LogP contribution >= 0.6 is 0 Å². The molecule has 6 nitrogen and oxygen atoms in total. The molecule has 0 bridgehead atoms. The summed E-state index contributed by atoms with van der Waals surface area (Å²) >= 11 is 0. The van der Waals surface area contributed by atoms with E-state index >= 15 is 0 Å². The number of hydrogen-bond donors (Lipinski definition) is 2. The van der Waals surface area contributed by atoms with E-state index in [0.717, 1.165) is 0 Å². The van der Waals surface area contributed by atoms with E-state index < -0.39 is 17.8 Å². The van der Waals surface area contributed by atoms with Crippen LogP contribution in [0.4, 0.5) is 0 Å². The maximum absolute atomic E-state index is 11.8. The molecular weight excluding hydrogens is 214 g/mol. The largest absolute Gasteiger partial charge is 0.489 e. The summed E-state index contributed by atoms with van der Waals surface area (Å²) in [7, 11) is 2.50. The Kier molecular flexibility index (Phi) is 3.46. The number of aliphatic hydroxyl groups excluding tert-OH is 1. The van der Waals surface area contributed by atoms with Crippen LogP contribution in [0.2, 0.25) is 0 Å². The quantitative estimate of drug-likeness (QED) is 0.485. The molecule has 0 aromatic carbocycles. The molecule has 1 aliphatic carbocycles. The van der Waals surface area contributed by atoms with Crippen LogP contribution in [0.5, 0.6) is 0 Å². The van der Waals surface area contributed by atoms with E-state index in [1.165, 1.54) is 21.1 Å². The van der Waals surface area contributed by atoms with Crippen molar-refractivity contribution in [3.63, 3.8) is 0 Å². The summed E-state index contributed by atoms with van der Waals surface area (Å²) in [6.45, 7) is 1.40. The first kappa shape index (κ1) is 12.4. The van der Waals surface area contributed by atoms with Gasteiger partial charge in [0.15, 0.2) is 0 Å². The number of ether oxygens (including phenoxy) is 2. The standard InChI is InChI=1S/C10H13NO5/c1-4-5(10(11)14)7(13)9(16-3)8(15-2)6(4)12/h10,14H,11H2,1-3H3. The first-order chi connectivity index (χ1) is 7.45. The fourth-order valence-electron chi connectivity index (χ4n) is 1.52. The topological polar surface area (TPSA) is 98.8 Å². The van der Waals surface area contributed by atoms with Crippen LogP contribution in [-0.4, -0.2) is 37.1 Å². The summed E-state index contributed by atoms with van der Waals surface area (Å²) in [5.41, 5.74) is 5.12. The highest BCUT2D eigenvalue weighted by molar-refractivity contribution is 6.23. The Labute approximate surface area is 92.3 Å². The normalized spacial score (nSPS) is 19.1.